The van der Waals surface area contributed by atoms with Gasteiger partial charge in [-0.3, -0.25) is 0 Å². The summed E-state index contributed by atoms with van der Waals surface area (Å²) in [7, 11) is -4.90. The highest BCUT2D eigenvalue weighted by molar-refractivity contribution is 7.87. The minimum atomic E-state index is -5.90. The molecular formula is C18H20F3NO7S. The van der Waals surface area contributed by atoms with Crippen LogP contribution >= 0.6 is 0 Å². The predicted molar refractivity (Wildman–Crippen MR) is 97.1 cm³/mol. The number of benzene rings is 1. The number of esters is 1. The highest BCUT2D eigenvalue weighted by Gasteiger charge is 2.48. The standard InChI is InChI=1S/C18H20F3NO7S/c1-27-16(23)15(12-29-30(25,26)18(19,20)21)14-7-9-22(10-8-14)17(24)28-11-13-5-3-2-4-6-13/h2-6,12,14H,7-11H2,1H3/b15-12-. The third-order valence-corrected chi connectivity index (χ3v) is 5.32. The highest BCUT2D eigenvalue weighted by Crippen LogP contribution is 2.29. The first-order chi connectivity index (χ1) is 14.0. The molecule has 30 heavy (non-hydrogen) atoms. The SMILES string of the molecule is COC(=O)/C(=C\OS(=O)(=O)C(F)(F)F)C1CCN(C(=O)OCc2ccccc2)CC1. The lowest BCUT2D eigenvalue weighted by Crippen LogP contribution is -2.40. The molecule has 1 aromatic carbocycles. The first kappa shape index (κ1) is 23.5. The van der Waals surface area contributed by atoms with Crippen molar-refractivity contribution in [3.8, 4) is 0 Å². The Morgan fingerprint density at radius 1 is 1.17 bits per heavy atom. The van der Waals surface area contributed by atoms with E-state index in [0.717, 1.165) is 12.7 Å². The first-order valence-corrected chi connectivity index (χ1v) is 10.2. The Morgan fingerprint density at radius 3 is 2.30 bits per heavy atom. The van der Waals surface area contributed by atoms with Gasteiger partial charge in [0, 0.05) is 13.1 Å². The Balaban J connectivity index is 1.98. The number of amides is 1. The number of methoxy groups -OCH3 is 1. The number of ether oxygens (including phenoxy) is 2. The van der Waals surface area contributed by atoms with Gasteiger partial charge in [0.25, 0.3) is 0 Å². The van der Waals surface area contributed by atoms with Crippen LogP contribution in [0.4, 0.5) is 18.0 Å². The van der Waals surface area contributed by atoms with Crippen LogP contribution in [0, 0.1) is 5.92 Å². The number of rotatable bonds is 6. The lowest BCUT2D eigenvalue weighted by Gasteiger charge is -2.31. The molecule has 1 saturated heterocycles. The van der Waals surface area contributed by atoms with E-state index >= 15 is 0 Å². The first-order valence-electron chi connectivity index (χ1n) is 8.78. The fraction of sp³-hybridized carbons (Fsp3) is 0.444. The number of alkyl halides is 3. The molecular weight excluding hydrogens is 431 g/mol. The van der Waals surface area contributed by atoms with Crippen molar-refractivity contribution in [2.45, 2.75) is 25.0 Å². The number of hydrogen-bond acceptors (Lipinski definition) is 7. The molecule has 0 bridgehead atoms. The molecule has 1 aromatic rings. The summed E-state index contributed by atoms with van der Waals surface area (Å²) in [4.78, 5) is 25.5. The number of hydrogen-bond donors (Lipinski definition) is 0. The Bertz CT molecular complexity index is 877. The molecule has 1 aliphatic rings. The third kappa shape index (κ3) is 6.12. The van der Waals surface area contributed by atoms with E-state index in [1.807, 2.05) is 6.07 Å². The minimum absolute atomic E-state index is 0.0794. The van der Waals surface area contributed by atoms with Crippen LogP contribution in [0.1, 0.15) is 18.4 Å². The molecule has 8 nitrogen and oxygen atoms in total. The summed E-state index contributed by atoms with van der Waals surface area (Å²) in [6, 6.07) is 9.02. The summed E-state index contributed by atoms with van der Waals surface area (Å²) in [6.07, 6.45) is 0.0350. The van der Waals surface area contributed by atoms with Crippen LogP contribution in [-0.4, -0.2) is 51.1 Å². The normalized spacial score (nSPS) is 16.1. The number of carbonyl (C=O) groups is 2. The maximum absolute atomic E-state index is 12.4. The van der Waals surface area contributed by atoms with Gasteiger partial charge in [0.15, 0.2) is 0 Å². The smallest absolute Gasteiger partial charge is 0.466 e. The number of likely N-dealkylation sites (tertiary alicyclic amines) is 1. The van der Waals surface area contributed by atoms with Crippen LogP contribution in [0.5, 0.6) is 0 Å². The molecule has 0 spiro atoms. The number of nitrogens with zero attached hydrogens (tertiary/aromatic N) is 1. The monoisotopic (exact) mass is 451 g/mol. The van der Waals surface area contributed by atoms with Gasteiger partial charge in [-0.15, -0.1) is 0 Å². The van der Waals surface area contributed by atoms with Crippen molar-refractivity contribution in [2.75, 3.05) is 20.2 Å². The van der Waals surface area contributed by atoms with E-state index in [4.69, 9.17) is 4.74 Å². The lowest BCUT2D eigenvalue weighted by molar-refractivity contribution is -0.137. The molecule has 1 heterocycles. The molecule has 12 heteroatoms. The molecule has 1 amide bonds. The zero-order valence-electron chi connectivity index (χ0n) is 15.9. The zero-order chi connectivity index (χ0) is 22.4. The van der Waals surface area contributed by atoms with Crippen molar-refractivity contribution in [3.05, 3.63) is 47.7 Å². The number of carbonyl (C=O) groups excluding carboxylic acids is 2. The largest absolute Gasteiger partial charge is 0.534 e. The second-order valence-corrected chi connectivity index (χ2v) is 7.93. The molecule has 0 aromatic heterocycles. The van der Waals surface area contributed by atoms with Crippen LogP contribution < -0.4 is 0 Å². The van der Waals surface area contributed by atoms with E-state index in [0.29, 0.717) is 0 Å². The summed E-state index contributed by atoms with van der Waals surface area (Å²) in [5.74, 6) is -1.67. The second kappa shape index (κ2) is 9.83. The second-order valence-electron chi connectivity index (χ2n) is 6.36. The van der Waals surface area contributed by atoms with Crippen molar-refractivity contribution in [1.29, 1.82) is 0 Å². The van der Waals surface area contributed by atoms with Gasteiger partial charge in [0.1, 0.15) is 12.9 Å². The lowest BCUT2D eigenvalue weighted by atomic mass is 9.90. The van der Waals surface area contributed by atoms with Crippen molar-refractivity contribution >= 4 is 22.2 Å². The van der Waals surface area contributed by atoms with Crippen LogP contribution in [0.2, 0.25) is 0 Å². The van der Waals surface area contributed by atoms with Gasteiger partial charge in [-0.1, -0.05) is 30.3 Å². The minimum Gasteiger partial charge on any atom is -0.466 e. The van der Waals surface area contributed by atoms with E-state index in [1.54, 1.807) is 24.3 Å². The summed E-state index contributed by atoms with van der Waals surface area (Å²) >= 11 is 0. The molecule has 0 atom stereocenters. The van der Waals surface area contributed by atoms with Crippen LogP contribution in [0.25, 0.3) is 0 Å². The van der Waals surface area contributed by atoms with Gasteiger partial charge < -0.3 is 18.6 Å². The maximum atomic E-state index is 12.4. The quantitative estimate of drug-likeness (QED) is 0.216. The van der Waals surface area contributed by atoms with E-state index in [9.17, 15) is 31.2 Å². The molecule has 166 valence electrons. The van der Waals surface area contributed by atoms with E-state index < -0.39 is 33.6 Å². The fourth-order valence-corrected chi connectivity index (χ4v) is 3.12. The molecule has 2 rings (SSSR count). The molecule has 0 aliphatic carbocycles. The van der Waals surface area contributed by atoms with E-state index in [1.165, 1.54) is 4.90 Å². The average Bonchev–Trinajstić information content (AvgIpc) is 2.72. The van der Waals surface area contributed by atoms with Gasteiger partial charge >= 0.3 is 27.7 Å². The summed E-state index contributed by atoms with van der Waals surface area (Å²) in [5.41, 5.74) is -5.18. The highest BCUT2D eigenvalue weighted by atomic mass is 32.2. The van der Waals surface area contributed by atoms with Crippen LogP contribution in [0.3, 0.4) is 0 Å². The molecule has 0 unspecified atom stereocenters. The maximum Gasteiger partial charge on any atom is 0.534 e. The molecule has 0 saturated carbocycles. The van der Waals surface area contributed by atoms with Gasteiger partial charge in [-0.2, -0.15) is 21.6 Å². The predicted octanol–water partition coefficient (Wildman–Crippen LogP) is 2.96. The number of halogens is 3. The molecule has 1 fully saturated rings. The summed E-state index contributed by atoms with van der Waals surface area (Å²) in [5, 5.41) is 0. The number of piperidine rings is 1. The molecule has 1 aliphatic heterocycles. The van der Waals surface area contributed by atoms with Crippen molar-refractivity contribution < 1.29 is 44.8 Å². The van der Waals surface area contributed by atoms with Gasteiger partial charge in [0.2, 0.25) is 0 Å². The van der Waals surface area contributed by atoms with Crippen molar-refractivity contribution in [3.63, 3.8) is 0 Å². The Labute approximate surface area is 171 Å². The van der Waals surface area contributed by atoms with Crippen LogP contribution in [-0.2, 0) is 35.2 Å². The van der Waals surface area contributed by atoms with E-state index in [2.05, 4.69) is 8.92 Å². The summed E-state index contributed by atoms with van der Waals surface area (Å²) < 4.78 is 73.0. The molecule has 0 radical (unpaired) electrons. The van der Waals surface area contributed by atoms with Gasteiger partial charge in [-0.25, -0.2) is 9.59 Å². The van der Waals surface area contributed by atoms with Gasteiger partial charge in [-0.05, 0) is 24.3 Å². The van der Waals surface area contributed by atoms with Gasteiger partial charge in [0.05, 0.1) is 12.7 Å². The average molecular weight is 451 g/mol. The Morgan fingerprint density at radius 2 is 1.77 bits per heavy atom. The fourth-order valence-electron chi connectivity index (χ4n) is 2.78. The third-order valence-electron chi connectivity index (χ3n) is 4.40. The zero-order valence-corrected chi connectivity index (χ0v) is 16.7. The topological polar surface area (TPSA) is 99.2 Å². The van der Waals surface area contributed by atoms with E-state index in [-0.39, 0.29) is 44.4 Å². The molecule has 0 N–H and O–H groups in total. The summed E-state index contributed by atoms with van der Waals surface area (Å²) in [6.45, 7) is 0.382. The Kier molecular flexibility index (Phi) is 7.71. The van der Waals surface area contributed by atoms with Crippen molar-refractivity contribution in [1.82, 2.24) is 4.90 Å². The van der Waals surface area contributed by atoms with Crippen LogP contribution in [0.15, 0.2) is 42.2 Å². The van der Waals surface area contributed by atoms with Crippen molar-refractivity contribution in [2.24, 2.45) is 5.92 Å². The Hall–Kier alpha value is -2.76.